The van der Waals surface area contributed by atoms with Crippen molar-refractivity contribution in [3.8, 4) is 0 Å². The molecule has 0 aliphatic rings. The van der Waals surface area contributed by atoms with E-state index in [0.29, 0.717) is 0 Å². The summed E-state index contributed by atoms with van der Waals surface area (Å²) in [7, 11) is 0. The van der Waals surface area contributed by atoms with E-state index in [0.717, 1.165) is 5.52 Å². The second kappa shape index (κ2) is 7.28. The third kappa shape index (κ3) is 3.23. The second-order valence-electron chi connectivity index (χ2n) is 1.80. The zero-order chi connectivity index (χ0) is 10.1. The molecule has 2 rings (SSSR count). The van der Waals surface area contributed by atoms with Gasteiger partial charge < -0.3 is 4.40 Å². The SMILES string of the molecule is CC.CC.c1cn2cncc2cn1. The Morgan fingerprint density at radius 2 is 1.62 bits per heavy atom. The van der Waals surface area contributed by atoms with Gasteiger partial charge in [0.1, 0.15) is 0 Å². The van der Waals surface area contributed by atoms with Crippen molar-refractivity contribution in [3.05, 3.63) is 31.1 Å². The van der Waals surface area contributed by atoms with Crippen molar-refractivity contribution in [2.24, 2.45) is 0 Å². The Kier molecular flexibility index (Phi) is 6.51. The van der Waals surface area contributed by atoms with Gasteiger partial charge in [0.15, 0.2) is 0 Å². The van der Waals surface area contributed by atoms with Crippen LogP contribution in [0.15, 0.2) is 31.1 Å². The molecule has 0 aliphatic heterocycles. The molecule has 0 aromatic carbocycles. The monoisotopic (exact) mass is 179 g/mol. The molecule has 0 amide bonds. The zero-order valence-corrected chi connectivity index (χ0v) is 8.73. The minimum absolute atomic E-state index is 1.03. The van der Waals surface area contributed by atoms with Gasteiger partial charge >= 0.3 is 0 Å². The molecule has 0 atom stereocenters. The van der Waals surface area contributed by atoms with Gasteiger partial charge in [-0.15, -0.1) is 0 Å². The normalized spacial score (nSPS) is 8.00. The molecule has 0 fully saturated rings. The lowest BCUT2D eigenvalue weighted by atomic mass is 10.6. The van der Waals surface area contributed by atoms with Crippen LogP contribution in [-0.4, -0.2) is 14.4 Å². The van der Waals surface area contributed by atoms with E-state index in [2.05, 4.69) is 9.97 Å². The van der Waals surface area contributed by atoms with Gasteiger partial charge in [-0.2, -0.15) is 0 Å². The standard InChI is InChI=1S/C6H5N3.2C2H6/c1-2-9-5-8-4-6(9)3-7-1;2*1-2/h1-5H;2*1-2H3. The number of fused-ring (bicyclic) bond motifs is 1. The van der Waals surface area contributed by atoms with Gasteiger partial charge in [-0.25, -0.2) is 4.98 Å². The zero-order valence-electron chi connectivity index (χ0n) is 8.73. The summed E-state index contributed by atoms with van der Waals surface area (Å²) < 4.78 is 1.91. The van der Waals surface area contributed by atoms with Gasteiger partial charge in [-0.1, -0.05) is 27.7 Å². The van der Waals surface area contributed by atoms with Crippen molar-refractivity contribution in [2.75, 3.05) is 0 Å². The topological polar surface area (TPSA) is 30.2 Å². The first kappa shape index (κ1) is 11.6. The quantitative estimate of drug-likeness (QED) is 0.622. The molecule has 0 N–H and O–H groups in total. The molecule has 72 valence electrons. The van der Waals surface area contributed by atoms with E-state index >= 15 is 0 Å². The number of hydrogen-bond donors (Lipinski definition) is 0. The Bertz CT molecular complexity index is 284. The van der Waals surface area contributed by atoms with Gasteiger partial charge in [0.25, 0.3) is 0 Å². The second-order valence-corrected chi connectivity index (χ2v) is 1.80. The molecule has 13 heavy (non-hydrogen) atoms. The summed E-state index contributed by atoms with van der Waals surface area (Å²) in [5, 5.41) is 0. The average molecular weight is 179 g/mol. The summed E-state index contributed by atoms with van der Waals surface area (Å²) >= 11 is 0. The van der Waals surface area contributed by atoms with E-state index in [9.17, 15) is 0 Å². The summed E-state index contributed by atoms with van der Waals surface area (Å²) in [4.78, 5) is 7.85. The highest BCUT2D eigenvalue weighted by Crippen LogP contribution is 1.95. The van der Waals surface area contributed by atoms with E-state index in [4.69, 9.17) is 0 Å². The van der Waals surface area contributed by atoms with Gasteiger partial charge in [0, 0.05) is 12.4 Å². The summed E-state index contributed by atoms with van der Waals surface area (Å²) in [5.74, 6) is 0. The maximum atomic E-state index is 3.92. The molecule has 3 heteroatoms. The maximum Gasteiger partial charge on any atom is 0.0992 e. The molecule has 2 aromatic rings. The number of nitrogens with zero attached hydrogens (tertiary/aromatic N) is 3. The summed E-state index contributed by atoms with van der Waals surface area (Å²) in [6, 6.07) is 0. The first-order valence-electron chi connectivity index (χ1n) is 4.68. The van der Waals surface area contributed by atoms with E-state index in [1.165, 1.54) is 0 Å². The molecule has 3 nitrogen and oxygen atoms in total. The summed E-state index contributed by atoms with van der Waals surface area (Å²) in [5.41, 5.74) is 1.03. The number of imidazole rings is 1. The Hall–Kier alpha value is -1.38. The molecular formula is C10H17N3. The van der Waals surface area contributed by atoms with Crippen LogP contribution in [0.2, 0.25) is 0 Å². The smallest absolute Gasteiger partial charge is 0.0992 e. The minimum atomic E-state index is 1.03. The minimum Gasteiger partial charge on any atom is -0.303 e. The lowest BCUT2D eigenvalue weighted by Crippen LogP contribution is -1.79. The fraction of sp³-hybridized carbons (Fsp3) is 0.400. The third-order valence-corrected chi connectivity index (χ3v) is 1.22. The molecule has 0 unspecified atom stereocenters. The molecule has 0 spiro atoms. The first-order valence-corrected chi connectivity index (χ1v) is 4.68. The Balaban J connectivity index is 0.000000322. The lowest BCUT2D eigenvalue weighted by molar-refractivity contribution is 1.11. The largest absolute Gasteiger partial charge is 0.303 e. The van der Waals surface area contributed by atoms with Gasteiger partial charge in [0.2, 0.25) is 0 Å². The molecule has 2 heterocycles. The molecular weight excluding hydrogens is 162 g/mol. The van der Waals surface area contributed by atoms with Crippen molar-refractivity contribution in [1.82, 2.24) is 14.4 Å². The van der Waals surface area contributed by atoms with Crippen LogP contribution in [0.3, 0.4) is 0 Å². The number of hydrogen-bond acceptors (Lipinski definition) is 2. The van der Waals surface area contributed by atoms with Crippen LogP contribution >= 0.6 is 0 Å². The van der Waals surface area contributed by atoms with Crippen LogP contribution < -0.4 is 0 Å². The Morgan fingerprint density at radius 3 is 2.23 bits per heavy atom. The van der Waals surface area contributed by atoms with Crippen molar-refractivity contribution >= 4 is 5.52 Å². The fourth-order valence-corrected chi connectivity index (χ4v) is 0.769. The van der Waals surface area contributed by atoms with Crippen molar-refractivity contribution < 1.29 is 0 Å². The fourth-order valence-electron chi connectivity index (χ4n) is 0.769. The van der Waals surface area contributed by atoms with Crippen LogP contribution in [0.25, 0.3) is 5.52 Å². The van der Waals surface area contributed by atoms with Gasteiger partial charge in [-0.05, 0) is 0 Å². The number of aromatic nitrogens is 3. The van der Waals surface area contributed by atoms with E-state index in [1.54, 1.807) is 24.9 Å². The molecule has 0 saturated carbocycles. The predicted octanol–water partition coefficient (Wildman–Crippen LogP) is 2.78. The first-order chi connectivity index (χ1) is 6.47. The van der Waals surface area contributed by atoms with E-state index in [-0.39, 0.29) is 0 Å². The highest BCUT2D eigenvalue weighted by Gasteiger charge is 1.86. The number of rotatable bonds is 0. The Labute approximate surface area is 79.5 Å². The molecule has 2 aromatic heterocycles. The van der Waals surface area contributed by atoms with Crippen LogP contribution in [0.5, 0.6) is 0 Å². The molecule has 0 bridgehead atoms. The van der Waals surface area contributed by atoms with Crippen molar-refractivity contribution in [1.29, 1.82) is 0 Å². The predicted molar refractivity (Wildman–Crippen MR) is 55.7 cm³/mol. The third-order valence-electron chi connectivity index (χ3n) is 1.22. The molecule has 0 radical (unpaired) electrons. The summed E-state index contributed by atoms with van der Waals surface area (Å²) in [6.07, 6.45) is 8.88. The van der Waals surface area contributed by atoms with Crippen LogP contribution in [0, 0.1) is 0 Å². The van der Waals surface area contributed by atoms with E-state index < -0.39 is 0 Å². The van der Waals surface area contributed by atoms with Gasteiger partial charge in [-0.3, -0.25) is 4.98 Å². The van der Waals surface area contributed by atoms with Gasteiger partial charge in [0.05, 0.1) is 24.2 Å². The highest BCUT2D eigenvalue weighted by molar-refractivity contribution is 5.40. The van der Waals surface area contributed by atoms with Crippen LogP contribution in [0.4, 0.5) is 0 Å². The maximum absolute atomic E-state index is 3.92. The molecule has 0 saturated heterocycles. The van der Waals surface area contributed by atoms with Crippen LogP contribution in [-0.2, 0) is 0 Å². The van der Waals surface area contributed by atoms with E-state index in [1.807, 2.05) is 38.3 Å². The average Bonchev–Trinajstić information content (AvgIpc) is 2.71. The van der Waals surface area contributed by atoms with Crippen molar-refractivity contribution in [2.45, 2.75) is 27.7 Å². The highest BCUT2D eigenvalue weighted by atomic mass is 15.0. The van der Waals surface area contributed by atoms with Crippen LogP contribution in [0.1, 0.15) is 27.7 Å². The van der Waals surface area contributed by atoms with Crippen molar-refractivity contribution in [3.63, 3.8) is 0 Å². The molecule has 0 aliphatic carbocycles. The summed E-state index contributed by atoms with van der Waals surface area (Å²) in [6.45, 7) is 8.00. The lowest BCUT2D eigenvalue weighted by Gasteiger charge is -1.86. The Morgan fingerprint density at radius 1 is 1.00 bits per heavy atom.